The van der Waals surface area contributed by atoms with Crippen LogP contribution in [-0.4, -0.2) is 27.0 Å². The number of para-hydroxylation sites is 2. The van der Waals surface area contributed by atoms with E-state index < -0.39 is 5.97 Å². The predicted molar refractivity (Wildman–Crippen MR) is 61.6 cm³/mol. The Morgan fingerprint density at radius 3 is 2.76 bits per heavy atom. The van der Waals surface area contributed by atoms with Crippen molar-refractivity contribution in [2.45, 2.75) is 12.8 Å². The maximum absolute atomic E-state index is 11.4. The first kappa shape index (κ1) is 11.1. The fourth-order valence-electron chi connectivity index (χ4n) is 1.43. The molecule has 0 saturated carbocycles. The van der Waals surface area contributed by atoms with Crippen molar-refractivity contribution in [3.8, 4) is 0 Å². The molecule has 0 aliphatic heterocycles. The van der Waals surface area contributed by atoms with E-state index >= 15 is 0 Å². The highest BCUT2D eigenvalue weighted by atomic mass is 16.4. The van der Waals surface area contributed by atoms with Crippen LogP contribution in [-0.2, 0) is 9.59 Å². The first-order valence-corrected chi connectivity index (χ1v) is 5.11. The number of imidazole rings is 1. The van der Waals surface area contributed by atoms with Gasteiger partial charge >= 0.3 is 5.97 Å². The van der Waals surface area contributed by atoms with Gasteiger partial charge in [-0.05, 0) is 12.1 Å². The van der Waals surface area contributed by atoms with E-state index in [1.165, 1.54) is 0 Å². The topological polar surface area (TPSA) is 95.1 Å². The Morgan fingerprint density at radius 2 is 2.06 bits per heavy atom. The van der Waals surface area contributed by atoms with Crippen molar-refractivity contribution in [1.29, 1.82) is 0 Å². The predicted octanol–water partition coefficient (Wildman–Crippen LogP) is 1.37. The molecule has 17 heavy (non-hydrogen) atoms. The average molecular weight is 233 g/mol. The number of carboxylic acid groups (broad SMARTS) is 1. The van der Waals surface area contributed by atoms with E-state index in [1.807, 2.05) is 24.3 Å². The third-order valence-corrected chi connectivity index (χ3v) is 2.21. The molecule has 3 N–H and O–H groups in total. The smallest absolute Gasteiger partial charge is 0.303 e. The second-order valence-electron chi connectivity index (χ2n) is 3.54. The number of amides is 1. The minimum atomic E-state index is -0.996. The molecule has 1 aromatic carbocycles. The van der Waals surface area contributed by atoms with E-state index in [1.54, 1.807) is 0 Å². The van der Waals surface area contributed by atoms with Crippen LogP contribution >= 0.6 is 0 Å². The van der Waals surface area contributed by atoms with Crippen LogP contribution in [0.5, 0.6) is 0 Å². The maximum atomic E-state index is 11.4. The van der Waals surface area contributed by atoms with Crippen molar-refractivity contribution in [3.05, 3.63) is 24.3 Å². The van der Waals surface area contributed by atoms with Gasteiger partial charge in [0.2, 0.25) is 11.9 Å². The molecular weight excluding hydrogens is 222 g/mol. The molecule has 0 saturated heterocycles. The number of nitrogens with one attached hydrogen (secondary N) is 2. The average Bonchev–Trinajstić information content (AvgIpc) is 2.68. The Labute approximate surface area is 96.7 Å². The van der Waals surface area contributed by atoms with Gasteiger partial charge in [-0.3, -0.25) is 14.9 Å². The van der Waals surface area contributed by atoms with Gasteiger partial charge in [-0.25, -0.2) is 4.98 Å². The summed E-state index contributed by atoms with van der Waals surface area (Å²) < 4.78 is 0. The number of fused-ring (bicyclic) bond motifs is 1. The molecule has 0 atom stereocenters. The van der Waals surface area contributed by atoms with Crippen molar-refractivity contribution < 1.29 is 14.7 Å². The van der Waals surface area contributed by atoms with Crippen molar-refractivity contribution in [3.63, 3.8) is 0 Å². The fraction of sp³-hybridized carbons (Fsp3) is 0.182. The lowest BCUT2D eigenvalue weighted by Gasteiger charge is -1.98. The molecule has 0 spiro atoms. The Bertz CT molecular complexity index is 529. The molecule has 6 nitrogen and oxygen atoms in total. The summed E-state index contributed by atoms with van der Waals surface area (Å²) in [6.07, 6.45) is -0.252. The molecule has 0 unspecified atom stereocenters. The number of hydrogen-bond donors (Lipinski definition) is 3. The number of carbonyl (C=O) groups excluding carboxylic acids is 1. The summed E-state index contributed by atoms with van der Waals surface area (Å²) in [5.74, 6) is -1.03. The van der Waals surface area contributed by atoms with Gasteiger partial charge in [0.1, 0.15) is 0 Å². The minimum Gasteiger partial charge on any atom is -0.481 e. The van der Waals surface area contributed by atoms with E-state index in [-0.39, 0.29) is 18.7 Å². The summed E-state index contributed by atoms with van der Waals surface area (Å²) in [5, 5.41) is 11.0. The molecule has 2 aromatic rings. The molecule has 1 heterocycles. The summed E-state index contributed by atoms with van der Waals surface area (Å²) in [6.45, 7) is 0. The van der Waals surface area contributed by atoms with Crippen LogP contribution < -0.4 is 5.32 Å². The highest BCUT2D eigenvalue weighted by Gasteiger charge is 2.08. The third-order valence-electron chi connectivity index (χ3n) is 2.21. The second-order valence-corrected chi connectivity index (χ2v) is 3.54. The number of aromatic nitrogens is 2. The van der Waals surface area contributed by atoms with Gasteiger partial charge in [-0.2, -0.15) is 0 Å². The molecule has 0 bridgehead atoms. The van der Waals surface area contributed by atoms with Gasteiger partial charge in [0.15, 0.2) is 0 Å². The highest BCUT2D eigenvalue weighted by Crippen LogP contribution is 2.13. The normalized spacial score (nSPS) is 10.4. The molecule has 0 fully saturated rings. The first-order chi connectivity index (χ1) is 8.15. The summed E-state index contributed by atoms with van der Waals surface area (Å²) in [5.41, 5.74) is 1.57. The minimum absolute atomic E-state index is 0.0631. The van der Waals surface area contributed by atoms with Gasteiger partial charge in [0.25, 0.3) is 0 Å². The van der Waals surface area contributed by atoms with Crippen LogP contribution in [0.25, 0.3) is 11.0 Å². The Balaban J connectivity index is 2.03. The number of carbonyl (C=O) groups is 2. The molecule has 0 aliphatic carbocycles. The molecule has 88 valence electrons. The number of aliphatic carboxylic acids is 1. The number of hydrogen-bond acceptors (Lipinski definition) is 3. The quantitative estimate of drug-likeness (QED) is 0.743. The number of benzene rings is 1. The van der Waals surface area contributed by atoms with Gasteiger partial charge in [0, 0.05) is 6.42 Å². The Kier molecular flexibility index (Phi) is 3.04. The number of aromatic amines is 1. The van der Waals surface area contributed by atoms with Gasteiger partial charge in [-0.15, -0.1) is 0 Å². The Hall–Kier alpha value is -2.37. The zero-order chi connectivity index (χ0) is 12.3. The van der Waals surface area contributed by atoms with E-state index in [0.717, 1.165) is 11.0 Å². The standard InChI is InChI=1S/C11H11N3O3/c15-9(5-6-10(16)17)14-11-12-7-3-1-2-4-8(7)13-11/h1-4H,5-6H2,(H,16,17)(H2,12,13,14,15). The molecule has 6 heteroatoms. The van der Waals surface area contributed by atoms with Crippen LogP contribution in [0.15, 0.2) is 24.3 Å². The first-order valence-electron chi connectivity index (χ1n) is 5.11. The lowest BCUT2D eigenvalue weighted by atomic mass is 10.3. The number of carboxylic acids is 1. The largest absolute Gasteiger partial charge is 0.481 e. The molecule has 0 radical (unpaired) electrons. The SMILES string of the molecule is O=C(O)CCC(=O)Nc1nc2ccccc2[nH]1. The summed E-state index contributed by atoms with van der Waals surface area (Å²) in [6, 6.07) is 7.36. The molecule has 1 amide bonds. The zero-order valence-electron chi connectivity index (χ0n) is 8.93. The van der Waals surface area contributed by atoms with Gasteiger partial charge < -0.3 is 10.1 Å². The van der Waals surface area contributed by atoms with Crippen LogP contribution in [0, 0.1) is 0 Å². The van der Waals surface area contributed by atoms with Crippen molar-refractivity contribution in [2.24, 2.45) is 0 Å². The highest BCUT2D eigenvalue weighted by molar-refractivity contribution is 5.92. The van der Waals surface area contributed by atoms with Crippen LogP contribution in [0.1, 0.15) is 12.8 Å². The van der Waals surface area contributed by atoms with Crippen LogP contribution in [0.2, 0.25) is 0 Å². The molecule has 2 rings (SSSR count). The maximum Gasteiger partial charge on any atom is 0.303 e. The summed E-state index contributed by atoms with van der Waals surface area (Å²) in [7, 11) is 0. The number of anilines is 1. The van der Waals surface area contributed by atoms with E-state index in [9.17, 15) is 9.59 Å². The van der Waals surface area contributed by atoms with Crippen molar-refractivity contribution >= 4 is 28.9 Å². The number of rotatable bonds is 4. The lowest BCUT2D eigenvalue weighted by molar-refractivity contribution is -0.138. The molecule has 0 aliphatic rings. The number of H-pyrrole nitrogens is 1. The van der Waals surface area contributed by atoms with E-state index in [0.29, 0.717) is 5.95 Å². The monoisotopic (exact) mass is 233 g/mol. The zero-order valence-corrected chi connectivity index (χ0v) is 8.93. The van der Waals surface area contributed by atoms with E-state index in [4.69, 9.17) is 5.11 Å². The lowest BCUT2D eigenvalue weighted by Crippen LogP contribution is -2.14. The summed E-state index contributed by atoms with van der Waals surface area (Å²) >= 11 is 0. The molecule has 1 aromatic heterocycles. The fourth-order valence-corrected chi connectivity index (χ4v) is 1.43. The molecular formula is C11H11N3O3. The Morgan fingerprint density at radius 1 is 1.29 bits per heavy atom. The van der Waals surface area contributed by atoms with Crippen molar-refractivity contribution in [2.75, 3.05) is 5.32 Å². The van der Waals surface area contributed by atoms with Crippen LogP contribution in [0.4, 0.5) is 5.95 Å². The number of nitrogens with zero attached hydrogens (tertiary/aromatic N) is 1. The third kappa shape index (κ3) is 2.81. The van der Waals surface area contributed by atoms with Gasteiger partial charge in [-0.1, -0.05) is 12.1 Å². The summed E-state index contributed by atoms with van der Waals surface area (Å²) in [4.78, 5) is 28.7. The second kappa shape index (κ2) is 4.65. The van der Waals surface area contributed by atoms with Crippen LogP contribution in [0.3, 0.4) is 0 Å². The van der Waals surface area contributed by atoms with Gasteiger partial charge in [0.05, 0.1) is 17.5 Å². The van der Waals surface area contributed by atoms with E-state index in [2.05, 4.69) is 15.3 Å². The van der Waals surface area contributed by atoms with Crippen molar-refractivity contribution in [1.82, 2.24) is 9.97 Å².